The molecule has 3 N–H and O–H groups in total. The number of nitrogens with one attached hydrogen (secondary N) is 3. The Bertz CT molecular complexity index is 572. The van der Waals surface area contributed by atoms with E-state index in [1.807, 2.05) is 6.92 Å². The van der Waals surface area contributed by atoms with Gasteiger partial charge in [0.1, 0.15) is 4.88 Å². The molecular formula is C18H31N5OS. The Hall–Kier alpha value is -1.63. The lowest BCUT2D eigenvalue weighted by Crippen LogP contribution is -2.42. The minimum Gasteiger partial charge on any atom is -0.356 e. The lowest BCUT2D eigenvalue weighted by atomic mass is 9.81. The number of hydrogen-bond acceptors (Lipinski definition) is 4. The molecule has 0 aromatic carbocycles. The fraction of sp³-hybridized carbons (Fsp3) is 0.722. The third-order valence-corrected chi connectivity index (χ3v) is 5.70. The van der Waals surface area contributed by atoms with Crippen LogP contribution in [-0.4, -0.2) is 43.5 Å². The van der Waals surface area contributed by atoms with Gasteiger partial charge in [-0.05, 0) is 31.6 Å². The Labute approximate surface area is 154 Å². The second-order valence-electron chi connectivity index (χ2n) is 6.88. The molecule has 2 rings (SSSR count). The molecule has 1 amide bonds. The molecule has 0 radical (unpaired) electrons. The van der Waals surface area contributed by atoms with E-state index in [-0.39, 0.29) is 5.91 Å². The first-order chi connectivity index (χ1) is 12.1. The smallest absolute Gasteiger partial charge is 0.263 e. The molecule has 6 nitrogen and oxygen atoms in total. The predicted octanol–water partition coefficient (Wildman–Crippen LogP) is 2.56. The molecule has 1 aliphatic rings. The third kappa shape index (κ3) is 6.65. The Morgan fingerprint density at radius 2 is 2.04 bits per heavy atom. The summed E-state index contributed by atoms with van der Waals surface area (Å²) in [7, 11) is 1.78. The maximum atomic E-state index is 12.0. The van der Waals surface area contributed by atoms with Gasteiger partial charge in [0.05, 0.1) is 11.2 Å². The maximum absolute atomic E-state index is 12.0. The van der Waals surface area contributed by atoms with E-state index in [1.54, 1.807) is 12.6 Å². The number of carbonyl (C=O) groups is 1. The monoisotopic (exact) mass is 365 g/mol. The number of nitrogens with zero attached hydrogens (tertiary/aromatic N) is 2. The predicted molar refractivity (Wildman–Crippen MR) is 104 cm³/mol. The van der Waals surface area contributed by atoms with Gasteiger partial charge in [-0.15, -0.1) is 11.3 Å². The molecule has 1 aromatic heterocycles. The Morgan fingerprint density at radius 3 is 2.72 bits per heavy atom. The normalized spacial score (nSPS) is 21.0. The van der Waals surface area contributed by atoms with Crippen molar-refractivity contribution >= 4 is 23.2 Å². The van der Waals surface area contributed by atoms with Gasteiger partial charge in [-0.3, -0.25) is 9.79 Å². The molecule has 140 valence electrons. The molecule has 1 aliphatic carbocycles. The summed E-state index contributed by atoms with van der Waals surface area (Å²) < 4.78 is 0. The van der Waals surface area contributed by atoms with Crippen molar-refractivity contribution < 1.29 is 4.79 Å². The van der Waals surface area contributed by atoms with Crippen molar-refractivity contribution in [1.29, 1.82) is 0 Å². The lowest BCUT2D eigenvalue weighted by Gasteiger charge is -2.26. The van der Waals surface area contributed by atoms with Gasteiger partial charge in [0.2, 0.25) is 0 Å². The Morgan fingerprint density at radius 1 is 1.28 bits per heavy atom. The maximum Gasteiger partial charge on any atom is 0.263 e. The van der Waals surface area contributed by atoms with Crippen molar-refractivity contribution in [2.24, 2.45) is 16.8 Å². The molecule has 0 bridgehead atoms. The highest BCUT2D eigenvalue weighted by molar-refractivity contribution is 7.11. The zero-order valence-electron chi connectivity index (χ0n) is 15.6. The Balaban J connectivity index is 1.59. The summed E-state index contributed by atoms with van der Waals surface area (Å²) >= 11 is 1.37. The first-order valence-corrected chi connectivity index (χ1v) is 10.1. The van der Waals surface area contributed by atoms with Crippen molar-refractivity contribution in [3.05, 3.63) is 16.1 Å². The number of guanidine groups is 1. The fourth-order valence-electron chi connectivity index (χ4n) is 3.39. The topological polar surface area (TPSA) is 78.4 Å². The molecule has 0 spiro atoms. The summed E-state index contributed by atoms with van der Waals surface area (Å²) in [5, 5.41) is 9.52. The van der Waals surface area contributed by atoms with Crippen LogP contribution in [0.2, 0.25) is 0 Å². The highest BCUT2D eigenvalue weighted by Crippen LogP contribution is 2.30. The lowest BCUT2D eigenvalue weighted by molar-refractivity contribution is 0.0957. The molecule has 1 heterocycles. The van der Waals surface area contributed by atoms with E-state index in [0.717, 1.165) is 30.0 Å². The van der Waals surface area contributed by atoms with Gasteiger partial charge in [0.15, 0.2) is 5.96 Å². The quantitative estimate of drug-likeness (QED) is 0.394. The van der Waals surface area contributed by atoms with E-state index < -0.39 is 0 Å². The number of hydrogen-bond donors (Lipinski definition) is 3. The van der Waals surface area contributed by atoms with Crippen LogP contribution in [0, 0.1) is 18.8 Å². The van der Waals surface area contributed by atoms with Crippen LogP contribution >= 0.6 is 11.3 Å². The average Bonchev–Trinajstić information content (AvgIpc) is 3.03. The number of rotatable bonds is 7. The van der Waals surface area contributed by atoms with Crippen molar-refractivity contribution in [3.8, 4) is 0 Å². The van der Waals surface area contributed by atoms with Crippen LogP contribution in [0.3, 0.4) is 0 Å². The van der Waals surface area contributed by atoms with E-state index in [1.165, 1.54) is 43.4 Å². The number of thiazole rings is 1. The van der Waals surface area contributed by atoms with Gasteiger partial charge in [0.25, 0.3) is 5.91 Å². The number of aryl methyl sites for hydroxylation is 1. The number of aromatic nitrogens is 1. The molecule has 1 fully saturated rings. The third-order valence-electron chi connectivity index (χ3n) is 4.77. The van der Waals surface area contributed by atoms with Gasteiger partial charge >= 0.3 is 0 Å². The van der Waals surface area contributed by atoms with Gasteiger partial charge in [0, 0.05) is 26.7 Å². The number of amides is 1. The molecule has 0 saturated heterocycles. The molecule has 1 saturated carbocycles. The Kier molecular flexibility index (Phi) is 8.18. The number of aliphatic imine (C=N–C) groups is 1. The van der Waals surface area contributed by atoms with E-state index in [0.29, 0.717) is 18.0 Å². The summed E-state index contributed by atoms with van der Waals surface area (Å²) in [5.74, 6) is 2.46. The van der Waals surface area contributed by atoms with Crippen LogP contribution in [0.5, 0.6) is 0 Å². The van der Waals surface area contributed by atoms with Crippen LogP contribution < -0.4 is 16.0 Å². The zero-order valence-corrected chi connectivity index (χ0v) is 16.4. The van der Waals surface area contributed by atoms with Gasteiger partial charge in [-0.1, -0.05) is 26.2 Å². The van der Waals surface area contributed by atoms with Gasteiger partial charge < -0.3 is 16.0 Å². The molecule has 25 heavy (non-hydrogen) atoms. The number of carbonyl (C=O) groups excluding carboxylic acids is 1. The molecule has 1 aromatic rings. The molecular weight excluding hydrogens is 334 g/mol. The minimum absolute atomic E-state index is 0.0591. The first-order valence-electron chi connectivity index (χ1n) is 9.23. The van der Waals surface area contributed by atoms with Gasteiger partial charge in [-0.2, -0.15) is 0 Å². The molecule has 2 atom stereocenters. The summed E-state index contributed by atoms with van der Waals surface area (Å²) in [6.45, 7) is 6.36. The van der Waals surface area contributed by atoms with E-state index in [2.05, 4.69) is 32.9 Å². The summed E-state index contributed by atoms with van der Waals surface area (Å²) in [5.41, 5.74) is 2.48. The van der Waals surface area contributed by atoms with Crippen LogP contribution in [0.25, 0.3) is 0 Å². The fourth-order valence-corrected chi connectivity index (χ4v) is 4.11. The molecule has 2 unspecified atom stereocenters. The highest BCUT2D eigenvalue weighted by Gasteiger charge is 2.18. The van der Waals surface area contributed by atoms with Crippen LogP contribution in [0.1, 0.15) is 54.4 Å². The van der Waals surface area contributed by atoms with Crippen LogP contribution in [0.15, 0.2) is 10.5 Å². The SMILES string of the molecule is CN=C(NCCNC(=O)c1scnc1C)NCCC1CCCC(C)C1. The largest absolute Gasteiger partial charge is 0.356 e. The van der Waals surface area contributed by atoms with E-state index in [4.69, 9.17) is 0 Å². The van der Waals surface area contributed by atoms with Crippen molar-refractivity contribution in [1.82, 2.24) is 20.9 Å². The summed E-state index contributed by atoms with van der Waals surface area (Å²) in [6, 6.07) is 0. The van der Waals surface area contributed by atoms with Crippen molar-refractivity contribution in [3.63, 3.8) is 0 Å². The minimum atomic E-state index is -0.0591. The summed E-state index contributed by atoms with van der Waals surface area (Å²) in [4.78, 5) is 21.0. The molecule has 7 heteroatoms. The zero-order chi connectivity index (χ0) is 18.1. The second kappa shape index (κ2) is 10.4. The highest BCUT2D eigenvalue weighted by atomic mass is 32.1. The second-order valence-corrected chi connectivity index (χ2v) is 7.73. The van der Waals surface area contributed by atoms with Crippen LogP contribution in [0.4, 0.5) is 0 Å². The first kappa shape index (κ1) is 19.7. The van der Waals surface area contributed by atoms with E-state index >= 15 is 0 Å². The van der Waals surface area contributed by atoms with Crippen LogP contribution in [-0.2, 0) is 0 Å². The standard InChI is InChI=1S/C18H31N5OS/c1-13-5-4-6-15(11-13)7-8-21-18(19-3)22-10-9-20-17(24)16-14(2)23-12-25-16/h12-13,15H,4-11H2,1-3H3,(H,20,24)(H2,19,21,22). The van der Waals surface area contributed by atoms with E-state index in [9.17, 15) is 4.79 Å². The molecule has 0 aliphatic heterocycles. The van der Waals surface area contributed by atoms with Gasteiger partial charge in [-0.25, -0.2) is 4.98 Å². The van der Waals surface area contributed by atoms with Crippen molar-refractivity contribution in [2.75, 3.05) is 26.7 Å². The van der Waals surface area contributed by atoms with Crippen molar-refractivity contribution in [2.45, 2.75) is 46.0 Å². The summed E-state index contributed by atoms with van der Waals surface area (Å²) in [6.07, 6.45) is 6.68. The average molecular weight is 366 g/mol.